The van der Waals surface area contributed by atoms with Gasteiger partial charge in [-0.25, -0.2) is 4.98 Å². The molecule has 116 valence electrons. The number of aryl methyl sites for hydroxylation is 2. The van der Waals surface area contributed by atoms with Gasteiger partial charge in [0.15, 0.2) is 0 Å². The Morgan fingerprint density at radius 3 is 3.14 bits per heavy atom. The molecule has 0 unspecified atom stereocenters. The molecule has 0 saturated carbocycles. The van der Waals surface area contributed by atoms with Gasteiger partial charge in [-0.15, -0.1) is 0 Å². The number of hydrogen-bond acceptors (Lipinski definition) is 3. The van der Waals surface area contributed by atoms with Crippen LogP contribution in [-0.4, -0.2) is 20.6 Å². The number of nitrogens with one attached hydrogen (secondary N) is 1. The molecule has 0 spiro atoms. The summed E-state index contributed by atoms with van der Waals surface area (Å²) in [6.07, 6.45) is 6.69. The van der Waals surface area contributed by atoms with Crippen LogP contribution in [0.2, 0.25) is 0 Å². The summed E-state index contributed by atoms with van der Waals surface area (Å²) in [5, 5.41) is 12.9. The fourth-order valence-corrected chi connectivity index (χ4v) is 3.10. The highest BCUT2D eigenvalue weighted by molar-refractivity contribution is 5.76. The maximum Gasteiger partial charge on any atom is 0.220 e. The van der Waals surface area contributed by atoms with Crippen LogP contribution in [-0.2, 0) is 17.8 Å². The molecule has 0 bridgehead atoms. The lowest BCUT2D eigenvalue weighted by atomic mass is 10.1. The molecule has 1 aromatic heterocycles. The van der Waals surface area contributed by atoms with E-state index in [1.165, 1.54) is 0 Å². The zero-order valence-electron chi connectivity index (χ0n) is 12.7. The zero-order valence-corrected chi connectivity index (χ0v) is 12.7. The summed E-state index contributed by atoms with van der Waals surface area (Å²) >= 11 is 0. The molecule has 2 N–H and O–H groups in total. The third-order valence-corrected chi connectivity index (χ3v) is 4.31. The number of imidazole rings is 1. The van der Waals surface area contributed by atoms with Gasteiger partial charge in [0.25, 0.3) is 0 Å². The lowest BCUT2D eigenvalue weighted by molar-refractivity contribution is -0.122. The van der Waals surface area contributed by atoms with Crippen molar-refractivity contribution in [2.75, 3.05) is 0 Å². The first-order valence-corrected chi connectivity index (χ1v) is 7.73. The number of amides is 1. The Hall–Kier alpha value is -2.30. The standard InChI is InChI=1S/C17H21N3O2/c1-12-18-9-11-20(12)10-3-6-17(22)19-15-8-7-14-13(15)4-2-5-16(14)21/h2,4-5,9,11,15,21H,3,6-8,10H2,1H3,(H,19,22)/t15-/m1/s1. The normalized spacial score (nSPS) is 16.5. The molecular formula is C17H21N3O2. The monoisotopic (exact) mass is 299 g/mol. The van der Waals surface area contributed by atoms with Gasteiger partial charge in [0.1, 0.15) is 11.6 Å². The van der Waals surface area contributed by atoms with Crippen molar-refractivity contribution in [3.05, 3.63) is 47.5 Å². The average molecular weight is 299 g/mol. The minimum atomic E-state index is 0.0320. The van der Waals surface area contributed by atoms with Gasteiger partial charge < -0.3 is 15.0 Å². The highest BCUT2D eigenvalue weighted by Gasteiger charge is 2.25. The van der Waals surface area contributed by atoms with Gasteiger partial charge in [-0.3, -0.25) is 4.79 Å². The van der Waals surface area contributed by atoms with Gasteiger partial charge in [-0.05, 0) is 43.4 Å². The first kappa shape index (κ1) is 14.6. The Balaban J connectivity index is 1.51. The summed E-state index contributed by atoms with van der Waals surface area (Å²) in [6, 6.07) is 5.56. The molecular weight excluding hydrogens is 278 g/mol. The van der Waals surface area contributed by atoms with Crippen molar-refractivity contribution in [3.8, 4) is 5.75 Å². The SMILES string of the molecule is Cc1nccn1CCCC(=O)N[C@@H]1CCc2c(O)cccc21. The molecule has 1 aliphatic carbocycles. The number of rotatable bonds is 5. The minimum absolute atomic E-state index is 0.0320. The van der Waals surface area contributed by atoms with E-state index in [-0.39, 0.29) is 11.9 Å². The molecule has 3 rings (SSSR count). The Bertz CT molecular complexity index is 678. The molecule has 0 radical (unpaired) electrons. The summed E-state index contributed by atoms with van der Waals surface area (Å²) in [5.74, 6) is 1.38. The number of fused-ring (bicyclic) bond motifs is 1. The molecule has 0 saturated heterocycles. The van der Waals surface area contributed by atoms with E-state index in [1.807, 2.05) is 25.3 Å². The maximum absolute atomic E-state index is 12.1. The van der Waals surface area contributed by atoms with Crippen molar-refractivity contribution >= 4 is 5.91 Å². The molecule has 1 heterocycles. The van der Waals surface area contributed by atoms with Gasteiger partial charge in [-0.2, -0.15) is 0 Å². The van der Waals surface area contributed by atoms with Crippen molar-refractivity contribution in [1.82, 2.24) is 14.9 Å². The largest absolute Gasteiger partial charge is 0.508 e. The molecule has 5 heteroatoms. The van der Waals surface area contributed by atoms with Crippen LogP contribution in [0.1, 0.15) is 42.3 Å². The maximum atomic E-state index is 12.1. The van der Waals surface area contributed by atoms with E-state index in [0.29, 0.717) is 12.2 Å². The van der Waals surface area contributed by atoms with Gasteiger partial charge in [0, 0.05) is 25.4 Å². The zero-order chi connectivity index (χ0) is 15.5. The van der Waals surface area contributed by atoms with Crippen molar-refractivity contribution in [2.45, 2.75) is 45.2 Å². The quantitative estimate of drug-likeness (QED) is 0.891. The Morgan fingerprint density at radius 2 is 2.36 bits per heavy atom. The first-order valence-electron chi connectivity index (χ1n) is 7.73. The predicted octanol–water partition coefficient (Wildman–Crippen LogP) is 2.48. The number of carbonyl (C=O) groups is 1. The van der Waals surface area contributed by atoms with Gasteiger partial charge in [0.05, 0.1) is 6.04 Å². The lowest BCUT2D eigenvalue weighted by Crippen LogP contribution is -2.27. The number of nitrogens with zero attached hydrogens (tertiary/aromatic N) is 2. The molecule has 22 heavy (non-hydrogen) atoms. The van der Waals surface area contributed by atoms with Crippen LogP contribution in [0.3, 0.4) is 0 Å². The number of carbonyl (C=O) groups excluding carboxylic acids is 1. The molecule has 1 aliphatic rings. The van der Waals surface area contributed by atoms with E-state index < -0.39 is 0 Å². The number of aromatic nitrogens is 2. The Labute approximate surface area is 130 Å². The Kier molecular flexibility index (Phi) is 4.13. The first-order chi connectivity index (χ1) is 10.6. The van der Waals surface area contributed by atoms with Crippen LogP contribution in [0.5, 0.6) is 5.75 Å². The summed E-state index contributed by atoms with van der Waals surface area (Å²) in [7, 11) is 0. The van der Waals surface area contributed by atoms with Crippen LogP contribution in [0, 0.1) is 6.92 Å². The number of phenolic OH excluding ortho intramolecular Hbond substituents is 1. The van der Waals surface area contributed by atoms with Crippen LogP contribution >= 0.6 is 0 Å². The summed E-state index contributed by atoms with van der Waals surface area (Å²) < 4.78 is 2.05. The number of benzene rings is 1. The van der Waals surface area contributed by atoms with Crippen LogP contribution in [0.15, 0.2) is 30.6 Å². The van der Waals surface area contributed by atoms with Gasteiger partial charge in [0.2, 0.25) is 5.91 Å². The average Bonchev–Trinajstić information content (AvgIpc) is 3.08. The van der Waals surface area contributed by atoms with Crippen LogP contribution < -0.4 is 5.32 Å². The van der Waals surface area contributed by atoms with E-state index in [1.54, 1.807) is 12.3 Å². The van der Waals surface area contributed by atoms with Gasteiger partial charge >= 0.3 is 0 Å². The van der Waals surface area contributed by atoms with Crippen LogP contribution in [0.25, 0.3) is 0 Å². The topological polar surface area (TPSA) is 67.2 Å². The molecule has 0 aliphatic heterocycles. The predicted molar refractivity (Wildman–Crippen MR) is 83.5 cm³/mol. The highest BCUT2D eigenvalue weighted by atomic mass is 16.3. The third kappa shape index (κ3) is 2.98. The molecule has 2 aromatic rings. The van der Waals surface area contributed by atoms with E-state index in [4.69, 9.17) is 0 Å². The number of phenols is 1. The van der Waals surface area contributed by atoms with E-state index >= 15 is 0 Å². The number of hydrogen-bond donors (Lipinski definition) is 2. The number of aromatic hydroxyl groups is 1. The van der Waals surface area contributed by atoms with Crippen molar-refractivity contribution in [2.24, 2.45) is 0 Å². The molecule has 1 amide bonds. The fourth-order valence-electron chi connectivity index (χ4n) is 3.10. The highest BCUT2D eigenvalue weighted by Crippen LogP contribution is 2.36. The Morgan fingerprint density at radius 1 is 1.50 bits per heavy atom. The van der Waals surface area contributed by atoms with Crippen LogP contribution in [0.4, 0.5) is 0 Å². The van der Waals surface area contributed by atoms with Crippen molar-refractivity contribution in [3.63, 3.8) is 0 Å². The smallest absolute Gasteiger partial charge is 0.220 e. The second-order valence-electron chi connectivity index (χ2n) is 5.78. The summed E-state index contributed by atoms with van der Waals surface area (Å²) in [4.78, 5) is 16.3. The molecule has 1 atom stereocenters. The van der Waals surface area contributed by atoms with Gasteiger partial charge in [-0.1, -0.05) is 12.1 Å². The molecule has 1 aromatic carbocycles. The minimum Gasteiger partial charge on any atom is -0.508 e. The molecule has 0 fully saturated rings. The van der Waals surface area contributed by atoms with E-state index in [0.717, 1.165) is 42.8 Å². The van der Waals surface area contributed by atoms with Crippen molar-refractivity contribution < 1.29 is 9.90 Å². The molecule has 5 nitrogen and oxygen atoms in total. The van der Waals surface area contributed by atoms with E-state index in [9.17, 15) is 9.90 Å². The second-order valence-corrected chi connectivity index (χ2v) is 5.78. The van der Waals surface area contributed by atoms with E-state index in [2.05, 4.69) is 14.9 Å². The lowest BCUT2D eigenvalue weighted by Gasteiger charge is -2.14. The summed E-state index contributed by atoms with van der Waals surface area (Å²) in [6.45, 7) is 2.77. The third-order valence-electron chi connectivity index (χ3n) is 4.31. The van der Waals surface area contributed by atoms with Crippen molar-refractivity contribution in [1.29, 1.82) is 0 Å². The second kappa shape index (κ2) is 6.22. The fraction of sp³-hybridized carbons (Fsp3) is 0.412. The summed E-state index contributed by atoms with van der Waals surface area (Å²) in [5.41, 5.74) is 2.03.